The van der Waals surface area contributed by atoms with Crippen molar-refractivity contribution in [3.63, 3.8) is 0 Å². The lowest BCUT2D eigenvalue weighted by Crippen LogP contribution is -2.38. The Bertz CT molecular complexity index is 1100. The Balaban J connectivity index is 0.922. The first kappa shape index (κ1) is 31.4. The average molecular weight is 599 g/mol. The fraction of sp³-hybridized carbons (Fsp3) is 0.719. The van der Waals surface area contributed by atoms with Crippen LogP contribution in [0.2, 0.25) is 0 Å². The van der Waals surface area contributed by atoms with Crippen LogP contribution in [0.3, 0.4) is 0 Å². The van der Waals surface area contributed by atoms with Crippen molar-refractivity contribution >= 4 is 23.7 Å². The summed E-state index contributed by atoms with van der Waals surface area (Å²) < 4.78 is 12.1. The summed E-state index contributed by atoms with van der Waals surface area (Å²) in [5.41, 5.74) is 0.913. The van der Waals surface area contributed by atoms with Crippen LogP contribution in [0.25, 0.3) is 0 Å². The van der Waals surface area contributed by atoms with E-state index >= 15 is 0 Å². The number of carbonyl (C=O) groups is 4. The number of ether oxygens (including phenoxy) is 2. The van der Waals surface area contributed by atoms with Gasteiger partial charge >= 0.3 is 5.97 Å². The summed E-state index contributed by atoms with van der Waals surface area (Å²) in [6.07, 6.45) is 13.4. The van der Waals surface area contributed by atoms with E-state index in [0.717, 1.165) is 56.9 Å². The molecule has 3 saturated carbocycles. The molecule has 236 valence electrons. The Hall–Kier alpha value is -3.05. The second-order valence-corrected chi connectivity index (χ2v) is 12.6. The molecule has 3 amide bonds. The minimum absolute atomic E-state index is 0.0129. The number of hydrogen-bond donors (Lipinski definition) is 3. The lowest BCUT2D eigenvalue weighted by atomic mass is 9.86. The minimum Gasteiger partial charge on any atom is -0.481 e. The summed E-state index contributed by atoms with van der Waals surface area (Å²) in [6.45, 7) is 1.38. The molecule has 0 radical (unpaired) electrons. The number of aromatic nitrogens is 1. The van der Waals surface area contributed by atoms with Gasteiger partial charge in [0, 0.05) is 50.5 Å². The Labute approximate surface area is 253 Å². The average Bonchev–Trinajstić information content (AvgIpc) is 3.79. The molecular formula is C32H46N4O7. The molecule has 1 aromatic rings. The van der Waals surface area contributed by atoms with Crippen LogP contribution in [0.1, 0.15) is 95.1 Å². The van der Waals surface area contributed by atoms with Crippen molar-refractivity contribution in [2.45, 2.75) is 114 Å². The zero-order valence-corrected chi connectivity index (χ0v) is 25.0. The summed E-state index contributed by atoms with van der Waals surface area (Å²) in [5, 5.41) is 15.1. The van der Waals surface area contributed by atoms with Crippen molar-refractivity contribution in [1.82, 2.24) is 20.5 Å². The van der Waals surface area contributed by atoms with Gasteiger partial charge in [0.05, 0.1) is 36.7 Å². The SMILES string of the molecule is O=C(CCCOC1CCC(OCCNC(=O)[C@H]2CC(=O)N(C3CC3)[C@@H]2c2cccnc2)CC1)NC1CCC(C(=O)O)CC1. The highest BCUT2D eigenvalue weighted by Crippen LogP contribution is 2.44. The van der Waals surface area contributed by atoms with Gasteiger partial charge in [-0.3, -0.25) is 24.2 Å². The number of likely N-dealkylation sites (tertiary alicyclic amines) is 1. The van der Waals surface area contributed by atoms with Gasteiger partial charge in [-0.05, 0) is 82.3 Å². The van der Waals surface area contributed by atoms with Crippen LogP contribution in [-0.4, -0.2) is 82.7 Å². The largest absolute Gasteiger partial charge is 0.481 e. The number of pyridine rings is 1. The van der Waals surface area contributed by atoms with Gasteiger partial charge in [-0.2, -0.15) is 0 Å². The molecule has 11 heteroatoms. The molecular weight excluding hydrogens is 552 g/mol. The number of rotatable bonds is 14. The Kier molecular flexibility index (Phi) is 11.0. The minimum atomic E-state index is -0.735. The first-order valence-electron chi connectivity index (χ1n) is 16.1. The number of aliphatic carboxylic acids is 1. The maximum atomic E-state index is 13.1. The zero-order chi connectivity index (χ0) is 30.2. The smallest absolute Gasteiger partial charge is 0.306 e. The van der Waals surface area contributed by atoms with Gasteiger partial charge in [0.2, 0.25) is 17.7 Å². The highest BCUT2D eigenvalue weighted by atomic mass is 16.5. The van der Waals surface area contributed by atoms with Crippen molar-refractivity contribution < 1.29 is 33.8 Å². The molecule has 1 aromatic heterocycles. The molecule has 3 aliphatic carbocycles. The Morgan fingerprint density at radius 2 is 1.65 bits per heavy atom. The lowest BCUT2D eigenvalue weighted by molar-refractivity contribution is -0.143. The van der Waals surface area contributed by atoms with Crippen molar-refractivity contribution in [3.8, 4) is 0 Å². The standard InChI is InChI=1S/C32H46N4O7/c37-28(35-23-7-5-21(6-8-23)32(40)41)4-2-17-42-25-11-13-26(14-12-25)43-18-16-34-31(39)27-19-29(38)36(24-9-10-24)30(27)22-3-1-15-33-20-22/h1,3,15,20-21,23-27,30H,2,4-14,16-19H2,(H,34,39)(H,35,37)(H,40,41)/t21?,23?,25?,26?,27-,30+/m0/s1. The molecule has 0 spiro atoms. The number of amides is 3. The summed E-state index contributed by atoms with van der Waals surface area (Å²) in [5.74, 6) is -1.48. The van der Waals surface area contributed by atoms with E-state index in [1.54, 1.807) is 12.4 Å². The van der Waals surface area contributed by atoms with Crippen molar-refractivity contribution in [2.24, 2.45) is 11.8 Å². The van der Waals surface area contributed by atoms with Crippen LogP contribution >= 0.6 is 0 Å². The number of carbonyl (C=O) groups excluding carboxylic acids is 3. The highest BCUT2D eigenvalue weighted by Gasteiger charge is 2.49. The predicted octanol–water partition coefficient (Wildman–Crippen LogP) is 3.13. The summed E-state index contributed by atoms with van der Waals surface area (Å²) in [4.78, 5) is 55.4. The molecule has 4 fully saturated rings. The van der Waals surface area contributed by atoms with Crippen LogP contribution in [0, 0.1) is 11.8 Å². The van der Waals surface area contributed by atoms with Crippen LogP contribution in [0.15, 0.2) is 24.5 Å². The zero-order valence-electron chi connectivity index (χ0n) is 25.0. The van der Waals surface area contributed by atoms with Crippen LogP contribution in [0.5, 0.6) is 0 Å². The topological polar surface area (TPSA) is 147 Å². The number of nitrogens with zero attached hydrogens (tertiary/aromatic N) is 2. The maximum absolute atomic E-state index is 13.1. The van der Waals surface area contributed by atoms with E-state index in [1.807, 2.05) is 17.0 Å². The molecule has 5 rings (SSSR count). The molecule has 1 aliphatic heterocycles. The first-order chi connectivity index (χ1) is 20.9. The van der Waals surface area contributed by atoms with Gasteiger partial charge in [0.25, 0.3) is 0 Å². The van der Waals surface area contributed by atoms with E-state index in [4.69, 9.17) is 14.6 Å². The second kappa shape index (κ2) is 15.1. The van der Waals surface area contributed by atoms with Gasteiger partial charge in [0.15, 0.2) is 0 Å². The fourth-order valence-electron chi connectivity index (χ4n) is 6.88. The molecule has 0 unspecified atom stereocenters. The van der Waals surface area contributed by atoms with E-state index in [0.29, 0.717) is 45.4 Å². The van der Waals surface area contributed by atoms with Gasteiger partial charge in [-0.15, -0.1) is 0 Å². The Morgan fingerprint density at radius 1 is 0.953 bits per heavy atom. The molecule has 3 N–H and O–H groups in total. The summed E-state index contributed by atoms with van der Waals surface area (Å²) in [6, 6.07) is 3.86. The van der Waals surface area contributed by atoms with Crippen molar-refractivity contribution in [3.05, 3.63) is 30.1 Å². The molecule has 43 heavy (non-hydrogen) atoms. The molecule has 0 aromatic carbocycles. The van der Waals surface area contributed by atoms with Gasteiger partial charge in [0.1, 0.15) is 0 Å². The van der Waals surface area contributed by atoms with Gasteiger partial charge in [-0.1, -0.05) is 6.07 Å². The van der Waals surface area contributed by atoms with E-state index in [2.05, 4.69) is 15.6 Å². The third kappa shape index (κ3) is 8.75. The van der Waals surface area contributed by atoms with Crippen molar-refractivity contribution in [2.75, 3.05) is 19.8 Å². The fourth-order valence-corrected chi connectivity index (χ4v) is 6.88. The number of hydrogen-bond acceptors (Lipinski definition) is 7. The predicted molar refractivity (Wildman–Crippen MR) is 157 cm³/mol. The number of carboxylic acid groups (broad SMARTS) is 1. The highest BCUT2D eigenvalue weighted by molar-refractivity contribution is 5.90. The van der Waals surface area contributed by atoms with Crippen molar-refractivity contribution in [1.29, 1.82) is 0 Å². The molecule has 2 heterocycles. The number of nitrogens with one attached hydrogen (secondary N) is 2. The van der Waals surface area contributed by atoms with E-state index in [1.165, 1.54) is 0 Å². The molecule has 11 nitrogen and oxygen atoms in total. The van der Waals surface area contributed by atoms with E-state index in [9.17, 15) is 19.2 Å². The Morgan fingerprint density at radius 3 is 2.28 bits per heavy atom. The monoisotopic (exact) mass is 598 g/mol. The van der Waals surface area contributed by atoms with Gasteiger partial charge < -0.3 is 30.1 Å². The molecule has 1 saturated heterocycles. The number of carboxylic acids is 1. The lowest BCUT2D eigenvalue weighted by Gasteiger charge is -2.29. The maximum Gasteiger partial charge on any atom is 0.306 e. The van der Waals surface area contributed by atoms with Crippen LogP contribution in [0.4, 0.5) is 0 Å². The third-order valence-corrected chi connectivity index (χ3v) is 9.39. The second-order valence-electron chi connectivity index (χ2n) is 12.6. The molecule has 0 bridgehead atoms. The molecule has 2 atom stereocenters. The van der Waals surface area contributed by atoms with Gasteiger partial charge in [-0.25, -0.2) is 0 Å². The third-order valence-electron chi connectivity index (χ3n) is 9.39. The van der Waals surface area contributed by atoms with Crippen LogP contribution in [-0.2, 0) is 28.7 Å². The quantitative estimate of drug-likeness (QED) is 0.277. The van der Waals surface area contributed by atoms with E-state index < -0.39 is 11.9 Å². The normalized spacial score (nSPS) is 29.3. The van der Waals surface area contributed by atoms with E-state index in [-0.39, 0.29) is 60.4 Å². The first-order valence-corrected chi connectivity index (χ1v) is 16.1. The molecule has 4 aliphatic rings. The summed E-state index contributed by atoms with van der Waals surface area (Å²) >= 11 is 0. The summed E-state index contributed by atoms with van der Waals surface area (Å²) in [7, 11) is 0. The van der Waals surface area contributed by atoms with Crippen LogP contribution < -0.4 is 10.6 Å².